The third-order valence-corrected chi connectivity index (χ3v) is 3.80. The van der Waals surface area contributed by atoms with E-state index in [1.54, 1.807) is 29.8 Å². The van der Waals surface area contributed by atoms with Gasteiger partial charge in [0.2, 0.25) is 5.91 Å². The van der Waals surface area contributed by atoms with Crippen molar-refractivity contribution in [1.82, 2.24) is 4.90 Å². The van der Waals surface area contributed by atoms with Crippen LogP contribution in [0.2, 0.25) is 0 Å². The van der Waals surface area contributed by atoms with Crippen LogP contribution in [0.3, 0.4) is 0 Å². The van der Waals surface area contributed by atoms with Gasteiger partial charge in [-0.25, -0.2) is 0 Å². The maximum atomic E-state index is 12.5. The van der Waals surface area contributed by atoms with E-state index < -0.39 is 4.92 Å². The van der Waals surface area contributed by atoms with E-state index >= 15 is 0 Å². The molecule has 2 rings (SSSR count). The molecule has 0 N–H and O–H groups in total. The van der Waals surface area contributed by atoms with Gasteiger partial charge in [0.1, 0.15) is 0 Å². The summed E-state index contributed by atoms with van der Waals surface area (Å²) >= 11 is 0. The Morgan fingerprint density at radius 3 is 2.79 bits per heavy atom. The maximum absolute atomic E-state index is 12.5. The van der Waals surface area contributed by atoms with Crippen molar-refractivity contribution in [2.75, 3.05) is 38.2 Å². The van der Waals surface area contributed by atoms with Gasteiger partial charge < -0.3 is 9.64 Å². The quantitative estimate of drug-likeness (QED) is 0.443. The second kappa shape index (κ2) is 7.87. The smallest absolute Gasteiger partial charge is 0.320 e. The fourth-order valence-electron chi connectivity index (χ4n) is 2.76. The molecule has 130 valence electrons. The van der Waals surface area contributed by atoms with Crippen molar-refractivity contribution in [3.63, 3.8) is 0 Å². The van der Waals surface area contributed by atoms with Gasteiger partial charge in [-0.3, -0.25) is 24.6 Å². The van der Waals surface area contributed by atoms with E-state index in [-0.39, 0.29) is 30.7 Å². The summed E-state index contributed by atoms with van der Waals surface area (Å²) in [6.07, 6.45) is 1.46. The highest BCUT2D eigenvalue weighted by Gasteiger charge is 2.25. The van der Waals surface area contributed by atoms with Crippen molar-refractivity contribution in [3.05, 3.63) is 33.9 Å². The molecule has 1 heterocycles. The Morgan fingerprint density at radius 1 is 1.38 bits per heavy atom. The Kier molecular flexibility index (Phi) is 5.86. The highest BCUT2D eigenvalue weighted by molar-refractivity contribution is 5.96. The monoisotopic (exact) mass is 335 g/mol. The largest absolute Gasteiger partial charge is 0.465 e. The summed E-state index contributed by atoms with van der Waals surface area (Å²) in [5.74, 6) is -0.515. The minimum absolute atomic E-state index is 0.0301. The Labute approximate surface area is 140 Å². The molecule has 1 aromatic carbocycles. The van der Waals surface area contributed by atoms with Crippen LogP contribution in [0.5, 0.6) is 0 Å². The average Bonchev–Trinajstić information content (AvgIpc) is 2.53. The van der Waals surface area contributed by atoms with Gasteiger partial charge >= 0.3 is 5.97 Å². The lowest BCUT2D eigenvalue weighted by atomic mass is 10.0. The summed E-state index contributed by atoms with van der Waals surface area (Å²) < 4.78 is 4.86. The Morgan fingerprint density at radius 2 is 2.12 bits per heavy atom. The number of fused-ring (bicyclic) bond motifs is 1. The van der Waals surface area contributed by atoms with E-state index in [0.717, 1.165) is 12.0 Å². The summed E-state index contributed by atoms with van der Waals surface area (Å²) in [6, 6.07) is 4.56. The van der Waals surface area contributed by atoms with Gasteiger partial charge in [0.15, 0.2) is 0 Å². The molecule has 0 atom stereocenters. The first-order valence-electron chi connectivity index (χ1n) is 7.84. The van der Waals surface area contributed by atoms with Crippen LogP contribution < -0.4 is 4.90 Å². The van der Waals surface area contributed by atoms with Crippen LogP contribution in [0.1, 0.15) is 18.9 Å². The van der Waals surface area contributed by atoms with Crippen molar-refractivity contribution >= 4 is 23.3 Å². The number of nitro benzene ring substituents is 1. The number of benzene rings is 1. The SMILES string of the molecule is CCOC(=O)CN(C)CC(=O)N1CCCc2cc([N+](=O)[O-])ccc21. The number of nitro groups is 1. The van der Waals surface area contributed by atoms with Crippen LogP contribution in [0.25, 0.3) is 0 Å². The normalized spacial score (nSPS) is 13.5. The van der Waals surface area contributed by atoms with Crippen LogP contribution in [-0.4, -0.2) is 55.0 Å². The standard InChI is InChI=1S/C16H21N3O5/c1-3-24-16(21)11-17(2)10-15(20)18-8-4-5-12-9-13(19(22)23)6-7-14(12)18/h6-7,9H,3-5,8,10-11H2,1-2H3. The second-order valence-electron chi connectivity index (χ2n) is 5.70. The van der Waals surface area contributed by atoms with Gasteiger partial charge in [-0.15, -0.1) is 0 Å². The van der Waals surface area contributed by atoms with E-state index in [0.29, 0.717) is 25.3 Å². The lowest BCUT2D eigenvalue weighted by molar-refractivity contribution is -0.384. The highest BCUT2D eigenvalue weighted by Crippen LogP contribution is 2.30. The molecule has 0 unspecified atom stereocenters. The molecule has 0 bridgehead atoms. The maximum Gasteiger partial charge on any atom is 0.320 e. The molecule has 1 aromatic rings. The van der Waals surface area contributed by atoms with Crippen LogP contribution in [0.4, 0.5) is 11.4 Å². The summed E-state index contributed by atoms with van der Waals surface area (Å²) in [6.45, 7) is 2.72. The summed E-state index contributed by atoms with van der Waals surface area (Å²) in [5.41, 5.74) is 1.54. The van der Waals surface area contributed by atoms with Gasteiger partial charge in [0.25, 0.3) is 5.69 Å². The Hall–Kier alpha value is -2.48. The third-order valence-electron chi connectivity index (χ3n) is 3.80. The number of anilines is 1. The Bertz CT molecular complexity index is 647. The highest BCUT2D eigenvalue weighted by atomic mass is 16.6. The molecular weight excluding hydrogens is 314 g/mol. The lowest BCUT2D eigenvalue weighted by Gasteiger charge is -2.30. The molecule has 0 saturated heterocycles. The molecule has 0 saturated carbocycles. The molecule has 1 amide bonds. The van der Waals surface area contributed by atoms with Gasteiger partial charge in [0.05, 0.1) is 24.6 Å². The van der Waals surface area contributed by atoms with Crippen LogP contribution in [-0.2, 0) is 20.7 Å². The predicted octanol–water partition coefficient (Wildman–Crippen LogP) is 1.37. The number of aryl methyl sites for hydroxylation is 1. The fraction of sp³-hybridized carbons (Fsp3) is 0.500. The van der Waals surface area contributed by atoms with Crippen LogP contribution in [0, 0.1) is 10.1 Å². The van der Waals surface area contributed by atoms with Gasteiger partial charge in [-0.2, -0.15) is 0 Å². The molecule has 8 heteroatoms. The molecule has 24 heavy (non-hydrogen) atoms. The summed E-state index contributed by atoms with van der Waals surface area (Å²) in [5, 5.41) is 10.9. The van der Waals surface area contributed by atoms with E-state index in [1.165, 1.54) is 12.1 Å². The van der Waals surface area contributed by atoms with Crippen LogP contribution in [0.15, 0.2) is 18.2 Å². The van der Waals surface area contributed by atoms with E-state index in [4.69, 9.17) is 4.74 Å². The second-order valence-corrected chi connectivity index (χ2v) is 5.70. The number of hydrogen-bond acceptors (Lipinski definition) is 6. The van der Waals surface area contributed by atoms with Crippen molar-refractivity contribution in [1.29, 1.82) is 0 Å². The molecule has 1 aliphatic rings. The molecule has 0 fully saturated rings. The van der Waals surface area contributed by atoms with Gasteiger partial charge in [-0.05, 0) is 38.4 Å². The van der Waals surface area contributed by atoms with Crippen molar-refractivity contribution in [3.8, 4) is 0 Å². The van der Waals surface area contributed by atoms with E-state index in [1.807, 2.05) is 0 Å². The number of amides is 1. The zero-order valence-corrected chi connectivity index (χ0v) is 13.9. The predicted molar refractivity (Wildman–Crippen MR) is 87.9 cm³/mol. The molecule has 0 aromatic heterocycles. The zero-order chi connectivity index (χ0) is 17.7. The average molecular weight is 335 g/mol. The number of carbonyl (C=O) groups is 2. The minimum Gasteiger partial charge on any atom is -0.465 e. The topological polar surface area (TPSA) is 93.0 Å². The van der Waals surface area contributed by atoms with Crippen molar-refractivity contribution < 1.29 is 19.2 Å². The van der Waals surface area contributed by atoms with Crippen LogP contribution >= 0.6 is 0 Å². The van der Waals surface area contributed by atoms with E-state index in [2.05, 4.69) is 0 Å². The zero-order valence-electron chi connectivity index (χ0n) is 13.9. The Balaban J connectivity index is 2.06. The molecule has 8 nitrogen and oxygen atoms in total. The lowest BCUT2D eigenvalue weighted by Crippen LogP contribution is -2.43. The molecule has 0 aliphatic carbocycles. The van der Waals surface area contributed by atoms with E-state index in [9.17, 15) is 19.7 Å². The number of likely N-dealkylation sites (N-methyl/N-ethyl adjacent to an activating group) is 1. The number of esters is 1. The number of carbonyl (C=O) groups excluding carboxylic acids is 2. The van der Waals surface area contributed by atoms with Crippen molar-refractivity contribution in [2.45, 2.75) is 19.8 Å². The minimum atomic E-state index is -0.436. The number of rotatable bonds is 6. The number of ether oxygens (including phenoxy) is 1. The molecule has 1 aliphatic heterocycles. The van der Waals surface area contributed by atoms with Crippen molar-refractivity contribution in [2.24, 2.45) is 0 Å². The molecular formula is C16H21N3O5. The summed E-state index contributed by atoms with van der Waals surface area (Å²) in [4.78, 5) is 37.7. The summed E-state index contributed by atoms with van der Waals surface area (Å²) in [7, 11) is 1.68. The van der Waals surface area contributed by atoms with Gasteiger partial charge in [0, 0.05) is 24.4 Å². The first-order valence-corrected chi connectivity index (χ1v) is 7.84. The number of hydrogen-bond donors (Lipinski definition) is 0. The molecule has 0 spiro atoms. The third kappa shape index (κ3) is 4.29. The number of nitrogens with zero attached hydrogens (tertiary/aromatic N) is 3. The van der Waals surface area contributed by atoms with Gasteiger partial charge in [-0.1, -0.05) is 0 Å². The first-order chi connectivity index (χ1) is 11.4. The fourth-order valence-corrected chi connectivity index (χ4v) is 2.76. The molecule has 0 radical (unpaired) electrons. The number of non-ortho nitro benzene ring substituents is 1. The first kappa shape index (κ1) is 17.9.